The van der Waals surface area contributed by atoms with Gasteiger partial charge in [0.1, 0.15) is 0 Å². The minimum absolute atomic E-state index is 0.135. The second-order valence-corrected chi connectivity index (χ2v) is 5.10. The smallest absolute Gasteiger partial charge is 0.321 e. The number of urea groups is 1. The average Bonchev–Trinajstić information content (AvgIpc) is 2.99. The monoisotopic (exact) mass is 285 g/mol. The topological polar surface area (TPSA) is 69.7 Å². The van der Waals surface area contributed by atoms with Gasteiger partial charge in [0.25, 0.3) is 11.8 Å². The number of hydrogen-bond acceptors (Lipinski definition) is 3. The van der Waals surface area contributed by atoms with Crippen LogP contribution in [-0.4, -0.2) is 30.9 Å². The molecule has 0 unspecified atom stereocenters. The SMILES string of the molecule is CC1=C(C)C(=O)N(c2ccc(N3CCNC3=O)cc2)C1=O. The third kappa shape index (κ3) is 1.99. The largest absolute Gasteiger partial charge is 0.336 e. The van der Waals surface area contributed by atoms with Crippen molar-refractivity contribution in [1.82, 2.24) is 5.32 Å². The first-order valence-corrected chi connectivity index (χ1v) is 6.72. The fourth-order valence-electron chi connectivity index (χ4n) is 2.48. The maximum Gasteiger partial charge on any atom is 0.321 e. The minimum Gasteiger partial charge on any atom is -0.336 e. The lowest BCUT2D eigenvalue weighted by Crippen LogP contribution is -2.31. The van der Waals surface area contributed by atoms with Gasteiger partial charge in [-0.3, -0.25) is 14.5 Å². The fourth-order valence-corrected chi connectivity index (χ4v) is 2.48. The Labute approximate surface area is 122 Å². The molecule has 21 heavy (non-hydrogen) atoms. The van der Waals surface area contributed by atoms with E-state index < -0.39 is 0 Å². The second kappa shape index (κ2) is 4.73. The summed E-state index contributed by atoms with van der Waals surface area (Å²) in [5.74, 6) is -0.576. The van der Waals surface area contributed by atoms with Crippen LogP contribution in [0, 0.1) is 0 Å². The van der Waals surface area contributed by atoms with E-state index in [1.54, 1.807) is 43.0 Å². The van der Waals surface area contributed by atoms with Crippen LogP contribution in [0.5, 0.6) is 0 Å². The lowest BCUT2D eigenvalue weighted by Gasteiger charge is -2.18. The number of carbonyl (C=O) groups excluding carboxylic acids is 3. The van der Waals surface area contributed by atoms with E-state index in [0.29, 0.717) is 29.9 Å². The summed E-state index contributed by atoms with van der Waals surface area (Å²) in [5, 5.41) is 2.73. The standard InChI is InChI=1S/C15H15N3O3/c1-9-10(2)14(20)18(13(9)19)12-5-3-11(4-6-12)17-8-7-16-15(17)21/h3-6H,7-8H2,1-2H3,(H,16,21). The van der Waals surface area contributed by atoms with Crippen LogP contribution in [0.1, 0.15) is 13.8 Å². The molecule has 1 fully saturated rings. The molecule has 6 heteroatoms. The molecular formula is C15H15N3O3. The zero-order chi connectivity index (χ0) is 15.1. The lowest BCUT2D eigenvalue weighted by molar-refractivity contribution is -0.120. The molecule has 2 aliphatic heterocycles. The number of carbonyl (C=O) groups is 3. The van der Waals surface area contributed by atoms with Crippen molar-refractivity contribution in [1.29, 1.82) is 0 Å². The lowest BCUT2D eigenvalue weighted by atomic mass is 10.2. The highest BCUT2D eigenvalue weighted by atomic mass is 16.2. The highest BCUT2D eigenvalue weighted by Gasteiger charge is 2.34. The Morgan fingerprint density at radius 2 is 1.43 bits per heavy atom. The molecular weight excluding hydrogens is 270 g/mol. The predicted octanol–water partition coefficient (Wildman–Crippen LogP) is 1.43. The Balaban J connectivity index is 1.87. The summed E-state index contributed by atoms with van der Waals surface area (Å²) in [6.07, 6.45) is 0. The summed E-state index contributed by atoms with van der Waals surface area (Å²) in [6.45, 7) is 4.53. The van der Waals surface area contributed by atoms with Crippen molar-refractivity contribution < 1.29 is 14.4 Å². The van der Waals surface area contributed by atoms with Gasteiger partial charge < -0.3 is 5.32 Å². The number of benzene rings is 1. The summed E-state index contributed by atoms with van der Waals surface area (Å²) in [7, 11) is 0. The van der Waals surface area contributed by atoms with Gasteiger partial charge in [0.05, 0.1) is 5.69 Å². The molecule has 0 saturated carbocycles. The molecule has 4 amide bonds. The van der Waals surface area contributed by atoms with Crippen molar-refractivity contribution in [2.45, 2.75) is 13.8 Å². The number of nitrogens with one attached hydrogen (secondary N) is 1. The molecule has 6 nitrogen and oxygen atoms in total. The highest BCUT2D eigenvalue weighted by molar-refractivity contribution is 6.32. The number of imide groups is 1. The van der Waals surface area contributed by atoms with Gasteiger partial charge in [-0.2, -0.15) is 0 Å². The summed E-state index contributed by atoms with van der Waals surface area (Å²) in [4.78, 5) is 38.6. The maximum atomic E-state index is 12.1. The first-order chi connectivity index (χ1) is 10.0. The van der Waals surface area contributed by atoms with Gasteiger partial charge >= 0.3 is 6.03 Å². The number of amides is 4. The molecule has 1 saturated heterocycles. The van der Waals surface area contributed by atoms with Crippen LogP contribution in [0.3, 0.4) is 0 Å². The molecule has 3 rings (SSSR count). The Bertz CT molecular complexity index is 652. The molecule has 0 spiro atoms. The number of anilines is 2. The summed E-state index contributed by atoms with van der Waals surface area (Å²) in [6, 6.07) is 6.71. The molecule has 0 radical (unpaired) electrons. The summed E-state index contributed by atoms with van der Waals surface area (Å²) < 4.78 is 0. The molecule has 1 aromatic rings. The molecule has 0 atom stereocenters. The number of nitrogens with zero attached hydrogens (tertiary/aromatic N) is 2. The van der Waals surface area contributed by atoms with E-state index >= 15 is 0 Å². The number of rotatable bonds is 2. The first kappa shape index (κ1) is 13.4. The molecule has 2 heterocycles. The normalized spacial score (nSPS) is 18.9. The molecule has 0 bridgehead atoms. The molecule has 0 aromatic heterocycles. The van der Waals surface area contributed by atoms with Crippen LogP contribution >= 0.6 is 0 Å². The van der Waals surface area contributed by atoms with Gasteiger partial charge in [0, 0.05) is 29.9 Å². The van der Waals surface area contributed by atoms with Gasteiger partial charge in [-0.1, -0.05) is 0 Å². The van der Waals surface area contributed by atoms with Crippen LogP contribution in [0.2, 0.25) is 0 Å². The van der Waals surface area contributed by atoms with E-state index in [0.717, 1.165) is 5.69 Å². The molecule has 0 aliphatic carbocycles. The van der Waals surface area contributed by atoms with Gasteiger partial charge in [0.15, 0.2) is 0 Å². The third-order valence-electron chi connectivity index (χ3n) is 3.89. The average molecular weight is 285 g/mol. The van der Waals surface area contributed by atoms with Gasteiger partial charge in [-0.25, -0.2) is 9.69 Å². The molecule has 1 N–H and O–H groups in total. The van der Waals surface area contributed by atoms with Gasteiger partial charge in [0.2, 0.25) is 0 Å². The third-order valence-corrected chi connectivity index (χ3v) is 3.89. The van der Waals surface area contributed by atoms with E-state index in [2.05, 4.69) is 5.32 Å². The second-order valence-electron chi connectivity index (χ2n) is 5.10. The first-order valence-electron chi connectivity index (χ1n) is 6.72. The zero-order valence-electron chi connectivity index (χ0n) is 11.8. The van der Waals surface area contributed by atoms with Crippen molar-refractivity contribution in [3.63, 3.8) is 0 Å². The Hall–Kier alpha value is -2.63. The van der Waals surface area contributed by atoms with E-state index in [1.807, 2.05) is 0 Å². The van der Waals surface area contributed by atoms with Gasteiger partial charge in [-0.15, -0.1) is 0 Å². The van der Waals surface area contributed by atoms with Crippen molar-refractivity contribution in [2.24, 2.45) is 0 Å². The quantitative estimate of drug-likeness (QED) is 0.836. The van der Waals surface area contributed by atoms with Crippen LogP contribution < -0.4 is 15.1 Å². The van der Waals surface area contributed by atoms with Crippen molar-refractivity contribution in [3.05, 3.63) is 35.4 Å². The van der Waals surface area contributed by atoms with E-state index in [1.165, 1.54) is 4.90 Å². The fraction of sp³-hybridized carbons (Fsp3) is 0.267. The maximum absolute atomic E-state index is 12.1. The van der Waals surface area contributed by atoms with Crippen molar-refractivity contribution in [3.8, 4) is 0 Å². The molecule has 1 aromatic carbocycles. The summed E-state index contributed by atoms with van der Waals surface area (Å²) >= 11 is 0. The Morgan fingerprint density at radius 3 is 1.90 bits per heavy atom. The molecule has 2 aliphatic rings. The van der Waals surface area contributed by atoms with E-state index in [4.69, 9.17) is 0 Å². The Kier molecular flexibility index (Phi) is 3.01. The van der Waals surface area contributed by atoms with Crippen molar-refractivity contribution in [2.75, 3.05) is 22.9 Å². The van der Waals surface area contributed by atoms with Crippen molar-refractivity contribution >= 4 is 29.2 Å². The van der Waals surface area contributed by atoms with Gasteiger partial charge in [-0.05, 0) is 38.1 Å². The minimum atomic E-state index is -0.288. The van der Waals surface area contributed by atoms with Crippen LogP contribution in [0.15, 0.2) is 35.4 Å². The number of hydrogen-bond donors (Lipinski definition) is 1. The van der Waals surface area contributed by atoms with Crippen LogP contribution in [-0.2, 0) is 9.59 Å². The zero-order valence-corrected chi connectivity index (χ0v) is 11.8. The van der Waals surface area contributed by atoms with E-state index in [-0.39, 0.29) is 17.8 Å². The predicted molar refractivity (Wildman–Crippen MR) is 78.1 cm³/mol. The van der Waals surface area contributed by atoms with Crippen LogP contribution in [0.4, 0.5) is 16.2 Å². The highest BCUT2D eigenvalue weighted by Crippen LogP contribution is 2.28. The summed E-state index contributed by atoms with van der Waals surface area (Å²) in [5.41, 5.74) is 2.21. The van der Waals surface area contributed by atoms with E-state index in [9.17, 15) is 14.4 Å². The Morgan fingerprint density at radius 1 is 0.905 bits per heavy atom. The van der Waals surface area contributed by atoms with Crippen LogP contribution in [0.25, 0.3) is 0 Å². The molecule has 108 valence electrons.